The molecule has 0 aliphatic rings. The van der Waals surface area contributed by atoms with Gasteiger partial charge in [-0.1, -0.05) is 61.5 Å². The van der Waals surface area contributed by atoms with Crippen LogP contribution < -0.4 is 10.6 Å². The quantitative estimate of drug-likeness (QED) is 0.470. The highest BCUT2D eigenvalue weighted by atomic mass is 32.1. The third-order valence-electron chi connectivity index (χ3n) is 5.17. The SMILES string of the molecule is CCc1ccc(C(C(=O)NCc2ccccc2)N(C)C(=O)C(CS)NC(=O)OC(C)(C)C)cc1. The molecule has 3 amide bonds. The molecule has 0 bridgehead atoms. The highest BCUT2D eigenvalue weighted by Gasteiger charge is 2.33. The van der Waals surface area contributed by atoms with E-state index in [4.69, 9.17) is 4.74 Å². The molecule has 0 saturated carbocycles. The summed E-state index contributed by atoms with van der Waals surface area (Å²) >= 11 is 4.24. The molecule has 2 aromatic rings. The van der Waals surface area contributed by atoms with Crippen LogP contribution in [0.3, 0.4) is 0 Å². The normalized spacial score (nSPS) is 12.9. The third kappa shape index (κ3) is 8.09. The van der Waals surface area contributed by atoms with Gasteiger partial charge in [-0.15, -0.1) is 0 Å². The van der Waals surface area contributed by atoms with Crippen molar-refractivity contribution in [1.82, 2.24) is 15.5 Å². The fourth-order valence-electron chi connectivity index (χ4n) is 3.38. The summed E-state index contributed by atoms with van der Waals surface area (Å²) in [7, 11) is 1.55. The number of likely N-dealkylation sites (N-methyl/N-ethyl adjacent to an activating group) is 1. The summed E-state index contributed by atoms with van der Waals surface area (Å²) in [4.78, 5) is 40.2. The third-order valence-corrected chi connectivity index (χ3v) is 5.53. The lowest BCUT2D eigenvalue weighted by atomic mass is 10.0. The van der Waals surface area contributed by atoms with Crippen molar-refractivity contribution < 1.29 is 19.1 Å². The molecule has 0 saturated heterocycles. The van der Waals surface area contributed by atoms with Crippen LogP contribution in [0.5, 0.6) is 0 Å². The van der Waals surface area contributed by atoms with E-state index in [1.165, 1.54) is 4.90 Å². The number of amides is 3. The topological polar surface area (TPSA) is 87.7 Å². The summed E-state index contributed by atoms with van der Waals surface area (Å²) in [5.41, 5.74) is 2.04. The summed E-state index contributed by atoms with van der Waals surface area (Å²) < 4.78 is 5.27. The summed E-state index contributed by atoms with van der Waals surface area (Å²) in [6.45, 7) is 7.60. The second-order valence-electron chi connectivity index (χ2n) is 9.03. The smallest absolute Gasteiger partial charge is 0.408 e. The molecule has 0 aromatic heterocycles. The Labute approximate surface area is 207 Å². The van der Waals surface area contributed by atoms with E-state index < -0.39 is 29.7 Å². The molecular formula is C26H35N3O4S. The first kappa shape index (κ1) is 27.2. The van der Waals surface area contributed by atoms with E-state index in [0.29, 0.717) is 12.1 Å². The lowest BCUT2D eigenvalue weighted by molar-refractivity contribution is -0.140. The predicted octanol–water partition coefficient (Wildman–Crippen LogP) is 3.89. The van der Waals surface area contributed by atoms with Gasteiger partial charge in [0, 0.05) is 19.3 Å². The molecule has 0 aliphatic carbocycles. The van der Waals surface area contributed by atoms with Crippen LogP contribution in [-0.2, 0) is 27.3 Å². The van der Waals surface area contributed by atoms with Crippen molar-refractivity contribution in [2.24, 2.45) is 0 Å². The summed E-state index contributed by atoms with van der Waals surface area (Å²) in [6.07, 6.45) is 0.146. The van der Waals surface area contributed by atoms with Crippen LogP contribution in [0.25, 0.3) is 0 Å². The number of aryl methyl sites for hydroxylation is 1. The number of hydrogen-bond donors (Lipinski definition) is 3. The zero-order chi connectivity index (χ0) is 25.3. The average Bonchev–Trinajstić information content (AvgIpc) is 2.80. The first-order chi connectivity index (χ1) is 16.1. The van der Waals surface area contributed by atoms with E-state index in [-0.39, 0.29) is 11.7 Å². The van der Waals surface area contributed by atoms with Gasteiger partial charge in [0.15, 0.2) is 0 Å². The zero-order valence-corrected chi connectivity index (χ0v) is 21.4. The van der Waals surface area contributed by atoms with E-state index in [1.54, 1.807) is 27.8 Å². The molecule has 2 rings (SSSR count). The van der Waals surface area contributed by atoms with Crippen LogP contribution in [0.4, 0.5) is 4.79 Å². The zero-order valence-electron chi connectivity index (χ0n) is 20.5. The van der Waals surface area contributed by atoms with Crippen LogP contribution in [0.2, 0.25) is 0 Å². The molecule has 2 N–H and O–H groups in total. The van der Waals surface area contributed by atoms with E-state index in [2.05, 4.69) is 23.3 Å². The van der Waals surface area contributed by atoms with E-state index in [9.17, 15) is 14.4 Å². The van der Waals surface area contributed by atoms with E-state index in [0.717, 1.165) is 17.5 Å². The second-order valence-corrected chi connectivity index (χ2v) is 9.40. The highest BCUT2D eigenvalue weighted by Crippen LogP contribution is 2.22. The molecule has 0 radical (unpaired) electrons. The van der Waals surface area contributed by atoms with Crippen LogP contribution in [0, 0.1) is 0 Å². The standard InChI is InChI=1S/C26H35N3O4S/c1-6-18-12-14-20(15-13-18)22(23(30)27-16-19-10-8-7-9-11-19)29(5)24(31)21(17-34)28-25(32)33-26(2,3)4/h7-15,21-22,34H,6,16-17H2,1-5H3,(H,27,30)(H,28,32). The van der Waals surface area contributed by atoms with Gasteiger partial charge in [0.1, 0.15) is 17.7 Å². The fourth-order valence-corrected chi connectivity index (χ4v) is 3.62. The molecular weight excluding hydrogens is 450 g/mol. The molecule has 0 spiro atoms. The Morgan fingerprint density at radius 3 is 2.15 bits per heavy atom. The predicted molar refractivity (Wildman–Crippen MR) is 137 cm³/mol. The summed E-state index contributed by atoms with van der Waals surface area (Å²) in [6, 6.07) is 15.3. The molecule has 2 atom stereocenters. The van der Waals surface area contributed by atoms with Gasteiger partial charge in [-0.25, -0.2) is 4.79 Å². The maximum absolute atomic E-state index is 13.3. The van der Waals surface area contributed by atoms with Gasteiger partial charge >= 0.3 is 6.09 Å². The minimum atomic E-state index is -0.956. The number of thiol groups is 1. The number of hydrogen-bond acceptors (Lipinski definition) is 5. The van der Waals surface area contributed by atoms with Gasteiger partial charge < -0.3 is 20.3 Å². The van der Waals surface area contributed by atoms with Gasteiger partial charge in [-0.3, -0.25) is 9.59 Å². The number of nitrogens with zero attached hydrogens (tertiary/aromatic N) is 1. The Morgan fingerprint density at radius 2 is 1.62 bits per heavy atom. The maximum atomic E-state index is 13.3. The van der Waals surface area contributed by atoms with E-state index >= 15 is 0 Å². The maximum Gasteiger partial charge on any atom is 0.408 e. The lowest BCUT2D eigenvalue weighted by Crippen LogP contribution is -2.52. The number of carbonyl (C=O) groups excluding carboxylic acids is 3. The fraction of sp³-hybridized carbons (Fsp3) is 0.423. The molecule has 8 heteroatoms. The lowest BCUT2D eigenvalue weighted by Gasteiger charge is -2.31. The molecule has 0 fully saturated rings. The minimum absolute atomic E-state index is 0.0511. The van der Waals surface area contributed by atoms with Gasteiger partial charge in [-0.2, -0.15) is 12.6 Å². The van der Waals surface area contributed by atoms with Gasteiger partial charge in [0.05, 0.1) is 0 Å². The van der Waals surface area contributed by atoms with Crippen LogP contribution >= 0.6 is 12.6 Å². The van der Waals surface area contributed by atoms with Crippen molar-refractivity contribution in [1.29, 1.82) is 0 Å². The molecule has 0 aliphatic heterocycles. The molecule has 2 unspecified atom stereocenters. The number of benzene rings is 2. The molecule has 184 valence electrons. The van der Waals surface area contributed by atoms with Crippen LogP contribution in [0.1, 0.15) is 50.4 Å². The van der Waals surface area contributed by atoms with Crippen molar-refractivity contribution in [2.75, 3.05) is 12.8 Å². The molecule has 0 heterocycles. The molecule has 2 aromatic carbocycles. The summed E-state index contributed by atoms with van der Waals surface area (Å²) in [5.74, 6) is -0.713. The van der Waals surface area contributed by atoms with Crippen molar-refractivity contribution in [2.45, 2.75) is 58.3 Å². The monoisotopic (exact) mass is 485 g/mol. The average molecular weight is 486 g/mol. The van der Waals surface area contributed by atoms with Crippen molar-refractivity contribution in [3.8, 4) is 0 Å². The minimum Gasteiger partial charge on any atom is -0.444 e. The number of rotatable bonds is 9. The Balaban J connectivity index is 2.25. The first-order valence-corrected chi connectivity index (χ1v) is 12.0. The number of nitrogens with one attached hydrogen (secondary N) is 2. The number of ether oxygens (including phenoxy) is 1. The number of alkyl carbamates (subject to hydrolysis) is 1. The number of carbonyl (C=O) groups is 3. The summed E-state index contributed by atoms with van der Waals surface area (Å²) in [5, 5.41) is 5.49. The van der Waals surface area contributed by atoms with Crippen LogP contribution in [0.15, 0.2) is 54.6 Å². The molecule has 7 nitrogen and oxygen atoms in total. The highest BCUT2D eigenvalue weighted by molar-refractivity contribution is 7.80. The second kappa shape index (κ2) is 12.5. The van der Waals surface area contributed by atoms with Gasteiger partial charge in [0.25, 0.3) is 0 Å². The van der Waals surface area contributed by atoms with Crippen LogP contribution in [-0.4, -0.2) is 47.3 Å². The van der Waals surface area contributed by atoms with Gasteiger partial charge in [0.2, 0.25) is 11.8 Å². The van der Waals surface area contributed by atoms with E-state index in [1.807, 2.05) is 61.5 Å². The first-order valence-electron chi connectivity index (χ1n) is 11.3. The van der Waals surface area contributed by atoms with Gasteiger partial charge in [-0.05, 0) is 43.9 Å². The largest absolute Gasteiger partial charge is 0.444 e. The Morgan fingerprint density at radius 1 is 1.00 bits per heavy atom. The Kier molecular flexibility index (Phi) is 9.98. The van der Waals surface area contributed by atoms with Crippen molar-refractivity contribution in [3.63, 3.8) is 0 Å². The molecule has 34 heavy (non-hydrogen) atoms. The Hall–Kier alpha value is -3.00. The van der Waals surface area contributed by atoms with Crippen molar-refractivity contribution >= 4 is 30.5 Å². The van der Waals surface area contributed by atoms with Crippen molar-refractivity contribution in [3.05, 3.63) is 71.3 Å². The Bertz CT molecular complexity index is 958.